The number of aryl methyl sites for hydroxylation is 1. The first-order valence-corrected chi connectivity index (χ1v) is 8.26. The van der Waals surface area contributed by atoms with Crippen molar-refractivity contribution in [2.75, 3.05) is 6.54 Å². The van der Waals surface area contributed by atoms with Gasteiger partial charge in [-0.3, -0.25) is 0 Å². The summed E-state index contributed by atoms with van der Waals surface area (Å²) in [5.74, 6) is -0.786. The molecular formula is C16H15FN2O3S. The second kappa shape index (κ2) is 6.87. The van der Waals surface area contributed by atoms with E-state index in [0.29, 0.717) is 5.56 Å². The molecule has 0 aliphatic heterocycles. The number of nitriles is 1. The molecule has 0 fully saturated rings. The van der Waals surface area contributed by atoms with Gasteiger partial charge in [-0.05, 0) is 36.2 Å². The lowest BCUT2D eigenvalue weighted by molar-refractivity contribution is 0.181. The molecule has 0 aliphatic rings. The van der Waals surface area contributed by atoms with Crippen LogP contribution in [0.2, 0.25) is 0 Å². The molecule has 23 heavy (non-hydrogen) atoms. The number of nitrogens with one attached hydrogen (secondary N) is 1. The molecule has 1 atom stereocenters. The average Bonchev–Trinajstić information content (AvgIpc) is 2.53. The van der Waals surface area contributed by atoms with Crippen LogP contribution in [0, 0.1) is 24.1 Å². The molecule has 0 heterocycles. The Morgan fingerprint density at radius 3 is 2.65 bits per heavy atom. The van der Waals surface area contributed by atoms with Crippen LogP contribution >= 0.6 is 0 Å². The van der Waals surface area contributed by atoms with Crippen molar-refractivity contribution in [1.82, 2.24) is 4.72 Å². The van der Waals surface area contributed by atoms with E-state index in [0.717, 1.165) is 23.8 Å². The molecule has 0 aromatic heterocycles. The minimum Gasteiger partial charge on any atom is -0.387 e. The lowest BCUT2D eigenvalue weighted by Gasteiger charge is -2.15. The van der Waals surface area contributed by atoms with E-state index in [1.807, 2.05) is 19.1 Å². The second-order valence-electron chi connectivity index (χ2n) is 4.98. The third-order valence-electron chi connectivity index (χ3n) is 3.38. The Hall–Kier alpha value is -2.27. The summed E-state index contributed by atoms with van der Waals surface area (Å²) in [5.41, 5.74) is 1.10. The average molecular weight is 334 g/mol. The molecule has 0 saturated heterocycles. The van der Waals surface area contributed by atoms with Crippen LogP contribution in [0.25, 0.3) is 0 Å². The minimum atomic E-state index is -3.95. The third-order valence-corrected chi connectivity index (χ3v) is 4.80. The van der Waals surface area contributed by atoms with Crippen LogP contribution in [-0.2, 0) is 10.0 Å². The van der Waals surface area contributed by atoms with Crippen molar-refractivity contribution in [2.45, 2.75) is 17.9 Å². The molecule has 0 bridgehead atoms. The standard InChI is InChI=1S/C16H15FN2O3S/c1-11-4-2-3-5-14(11)16(20)10-19-23(21,22)13-6-7-15(17)12(8-13)9-18/h2-8,16,19-20H,10H2,1H3/t16-/m0/s1. The minimum absolute atomic E-state index is 0.229. The molecule has 0 radical (unpaired) electrons. The monoisotopic (exact) mass is 334 g/mol. The summed E-state index contributed by atoms with van der Waals surface area (Å²) in [7, 11) is -3.95. The normalized spacial score (nSPS) is 12.6. The van der Waals surface area contributed by atoms with Crippen molar-refractivity contribution < 1.29 is 17.9 Å². The SMILES string of the molecule is Cc1ccccc1[C@@H](O)CNS(=O)(=O)c1ccc(F)c(C#N)c1. The molecule has 0 aliphatic carbocycles. The summed E-state index contributed by atoms with van der Waals surface area (Å²) >= 11 is 0. The number of aliphatic hydroxyl groups is 1. The zero-order chi connectivity index (χ0) is 17.0. The summed E-state index contributed by atoms with van der Waals surface area (Å²) in [5, 5.41) is 18.9. The Morgan fingerprint density at radius 2 is 2.00 bits per heavy atom. The molecule has 5 nitrogen and oxygen atoms in total. The lowest BCUT2D eigenvalue weighted by Crippen LogP contribution is -2.29. The van der Waals surface area contributed by atoms with Crippen LogP contribution in [0.5, 0.6) is 0 Å². The van der Waals surface area contributed by atoms with Gasteiger partial charge in [-0.15, -0.1) is 0 Å². The lowest BCUT2D eigenvalue weighted by atomic mass is 10.0. The van der Waals surface area contributed by atoms with E-state index in [1.54, 1.807) is 18.2 Å². The van der Waals surface area contributed by atoms with E-state index in [4.69, 9.17) is 5.26 Å². The summed E-state index contributed by atoms with van der Waals surface area (Å²) < 4.78 is 39.9. The van der Waals surface area contributed by atoms with Gasteiger partial charge in [-0.1, -0.05) is 24.3 Å². The van der Waals surface area contributed by atoms with Gasteiger partial charge in [-0.25, -0.2) is 17.5 Å². The van der Waals surface area contributed by atoms with E-state index in [-0.39, 0.29) is 17.0 Å². The summed E-state index contributed by atoms with van der Waals surface area (Å²) in [6, 6.07) is 11.6. The second-order valence-corrected chi connectivity index (χ2v) is 6.74. The third kappa shape index (κ3) is 3.93. The summed E-state index contributed by atoms with van der Waals surface area (Å²) in [6.45, 7) is 1.58. The predicted molar refractivity (Wildman–Crippen MR) is 82.4 cm³/mol. The fourth-order valence-corrected chi connectivity index (χ4v) is 3.16. The van der Waals surface area contributed by atoms with Gasteiger partial charge in [0, 0.05) is 6.54 Å². The van der Waals surface area contributed by atoms with Crippen LogP contribution < -0.4 is 4.72 Å². The van der Waals surface area contributed by atoms with Gasteiger partial charge in [0.15, 0.2) is 0 Å². The van der Waals surface area contributed by atoms with Crippen molar-refractivity contribution in [2.24, 2.45) is 0 Å². The zero-order valence-corrected chi connectivity index (χ0v) is 13.1. The van der Waals surface area contributed by atoms with Crippen LogP contribution in [0.4, 0.5) is 4.39 Å². The first-order valence-electron chi connectivity index (χ1n) is 6.78. The van der Waals surface area contributed by atoms with Gasteiger partial charge in [0.25, 0.3) is 0 Å². The van der Waals surface area contributed by atoms with E-state index in [9.17, 15) is 17.9 Å². The van der Waals surface area contributed by atoms with E-state index in [1.165, 1.54) is 0 Å². The quantitative estimate of drug-likeness (QED) is 0.875. The van der Waals surface area contributed by atoms with Crippen LogP contribution in [-0.4, -0.2) is 20.1 Å². The Morgan fingerprint density at radius 1 is 1.30 bits per heavy atom. The highest BCUT2D eigenvalue weighted by Gasteiger charge is 2.19. The number of hydrogen-bond donors (Lipinski definition) is 2. The number of sulfonamides is 1. The predicted octanol–water partition coefficient (Wildman–Crippen LogP) is 2.02. The van der Waals surface area contributed by atoms with Crippen molar-refractivity contribution in [3.8, 4) is 6.07 Å². The largest absolute Gasteiger partial charge is 0.387 e. The fraction of sp³-hybridized carbons (Fsp3) is 0.188. The summed E-state index contributed by atoms with van der Waals surface area (Å²) in [6.07, 6.45) is -1.01. The highest BCUT2D eigenvalue weighted by molar-refractivity contribution is 7.89. The number of halogens is 1. The molecule has 0 spiro atoms. The number of aliphatic hydroxyl groups excluding tert-OH is 1. The van der Waals surface area contributed by atoms with E-state index >= 15 is 0 Å². The maximum Gasteiger partial charge on any atom is 0.240 e. The van der Waals surface area contributed by atoms with Crippen molar-refractivity contribution in [1.29, 1.82) is 5.26 Å². The van der Waals surface area contributed by atoms with Gasteiger partial charge in [0.2, 0.25) is 10.0 Å². The highest BCUT2D eigenvalue weighted by Crippen LogP contribution is 2.18. The Kier molecular flexibility index (Phi) is 5.11. The fourth-order valence-electron chi connectivity index (χ4n) is 2.10. The molecule has 0 amide bonds. The first-order chi connectivity index (χ1) is 10.8. The number of benzene rings is 2. The Balaban J connectivity index is 2.16. The Labute approximate surface area is 134 Å². The van der Waals surface area contributed by atoms with Crippen LogP contribution in [0.15, 0.2) is 47.4 Å². The van der Waals surface area contributed by atoms with Crippen LogP contribution in [0.3, 0.4) is 0 Å². The van der Waals surface area contributed by atoms with Crippen molar-refractivity contribution in [3.63, 3.8) is 0 Å². The van der Waals surface area contributed by atoms with Crippen molar-refractivity contribution >= 4 is 10.0 Å². The Bertz CT molecular complexity index is 860. The molecule has 0 unspecified atom stereocenters. The molecule has 2 aromatic carbocycles. The van der Waals surface area contributed by atoms with Gasteiger partial charge >= 0.3 is 0 Å². The molecule has 2 rings (SSSR count). The maximum atomic E-state index is 13.3. The van der Waals surface area contributed by atoms with Crippen LogP contribution in [0.1, 0.15) is 22.8 Å². The maximum absolute atomic E-state index is 13.3. The van der Waals surface area contributed by atoms with E-state index < -0.39 is 21.9 Å². The van der Waals surface area contributed by atoms with Crippen molar-refractivity contribution in [3.05, 3.63) is 65.0 Å². The topological polar surface area (TPSA) is 90.2 Å². The van der Waals surface area contributed by atoms with Gasteiger partial charge < -0.3 is 5.11 Å². The smallest absolute Gasteiger partial charge is 0.240 e. The molecule has 2 aromatic rings. The molecule has 0 saturated carbocycles. The molecule has 7 heteroatoms. The summed E-state index contributed by atoms with van der Waals surface area (Å²) in [4.78, 5) is -0.229. The number of hydrogen-bond acceptors (Lipinski definition) is 4. The van der Waals surface area contributed by atoms with Gasteiger partial charge in [0.05, 0.1) is 16.6 Å². The molecule has 2 N–H and O–H groups in total. The number of rotatable bonds is 5. The zero-order valence-electron chi connectivity index (χ0n) is 12.3. The van der Waals surface area contributed by atoms with E-state index in [2.05, 4.69) is 4.72 Å². The molecule has 120 valence electrons. The van der Waals surface area contributed by atoms with Gasteiger partial charge in [0.1, 0.15) is 11.9 Å². The molecular weight excluding hydrogens is 319 g/mol. The first kappa shape index (κ1) is 17.1. The van der Waals surface area contributed by atoms with Gasteiger partial charge in [-0.2, -0.15) is 5.26 Å². The highest BCUT2D eigenvalue weighted by atomic mass is 32.2. The number of nitrogens with zero attached hydrogens (tertiary/aromatic N) is 1.